The Labute approximate surface area is 115 Å². The van der Waals surface area contributed by atoms with Gasteiger partial charge in [-0.2, -0.15) is 0 Å². The zero-order chi connectivity index (χ0) is 14.4. The smallest absolute Gasteiger partial charge is 0.269 e. The molecule has 0 aliphatic carbocycles. The Morgan fingerprint density at radius 2 is 1.75 bits per heavy atom. The SMILES string of the molecule is O=[N+]([O-])c1ccc(C(C=Cc2ccccc2)=NO)cc1. The van der Waals surface area contributed by atoms with Crippen LogP contribution in [0.25, 0.3) is 6.08 Å². The van der Waals surface area contributed by atoms with Crippen LogP contribution in [-0.2, 0) is 0 Å². The molecule has 0 aromatic heterocycles. The lowest BCUT2D eigenvalue weighted by Gasteiger charge is -1.99. The zero-order valence-electron chi connectivity index (χ0n) is 10.5. The molecule has 0 radical (unpaired) electrons. The second-order valence-electron chi connectivity index (χ2n) is 4.03. The van der Waals surface area contributed by atoms with E-state index in [0.717, 1.165) is 5.56 Å². The normalized spacial score (nSPS) is 11.7. The number of nitrogens with zero attached hydrogens (tertiary/aromatic N) is 2. The fourth-order valence-corrected chi connectivity index (χ4v) is 1.68. The van der Waals surface area contributed by atoms with E-state index in [2.05, 4.69) is 5.16 Å². The second-order valence-corrected chi connectivity index (χ2v) is 4.03. The van der Waals surface area contributed by atoms with E-state index in [0.29, 0.717) is 11.3 Å². The Balaban J connectivity index is 2.21. The van der Waals surface area contributed by atoms with E-state index in [4.69, 9.17) is 5.21 Å². The molecule has 0 spiro atoms. The van der Waals surface area contributed by atoms with Crippen molar-refractivity contribution >= 4 is 17.5 Å². The summed E-state index contributed by atoms with van der Waals surface area (Å²) in [6, 6.07) is 15.4. The van der Waals surface area contributed by atoms with Gasteiger partial charge in [-0.1, -0.05) is 41.6 Å². The van der Waals surface area contributed by atoms with Gasteiger partial charge >= 0.3 is 0 Å². The number of non-ortho nitro benzene ring substituents is 1. The molecule has 0 saturated carbocycles. The number of hydrogen-bond acceptors (Lipinski definition) is 4. The van der Waals surface area contributed by atoms with Gasteiger partial charge < -0.3 is 5.21 Å². The van der Waals surface area contributed by atoms with Crippen LogP contribution in [0.1, 0.15) is 11.1 Å². The fraction of sp³-hybridized carbons (Fsp3) is 0. The number of allylic oxidation sites excluding steroid dienone is 1. The highest BCUT2D eigenvalue weighted by molar-refractivity contribution is 6.10. The molecule has 0 aliphatic rings. The zero-order valence-corrected chi connectivity index (χ0v) is 10.5. The van der Waals surface area contributed by atoms with Gasteiger partial charge in [-0.25, -0.2) is 0 Å². The molecule has 0 amide bonds. The van der Waals surface area contributed by atoms with Crippen molar-refractivity contribution in [1.29, 1.82) is 0 Å². The first-order chi connectivity index (χ1) is 9.70. The van der Waals surface area contributed by atoms with Gasteiger partial charge in [-0.05, 0) is 23.8 Å². The molecule has 0 fully saturated rings. The van der Waals surface area contributed by atoms with Crippen molar-refractivity contribution in [2.75, 3.05) is 0 Å². The first-order valence-electron chi connectivity index (χ1n) is 5.91. The Morgan fingerprint density at radius 3 is 2.30 bits per heavy atom. The van der Waals surface area contributed by atoms with Gasteiger partial charge in [-0.3, -0.25) is 10.1 Å². The number of oxime groups is 1. The van der Waals surface area contributed by atoms with Crippen LogP contribution in [-0.4, -0.2) is 15.8 Å². The van der Waals surface area contributed by atoms with Crippen LogP contribution in [0.15, 0.2) is 65.8 Å². The fourth-order valence-electron chi connectivity index (χ4n) is 1.68. The van der Waals surface area contributed by atoms with Crippen LogP contribution in [0.4, 0.5) is 5.69 Å². The highest BCUT2D eigenvalue weighted by Gasteiger charge is 2.06. The van der Waals surface area contributed by atoms with E-state index in [1.807, 2.05) is 30.3 Å². The van der Waals surface area contributed by atoms with Crippen LogP contribution >= 0.6 is 0 Å². The molecule has 0 aliphatic heterocycles. The number of rotatable bonds is 4. The summed E-state index contributed by atoms with van der Waals surface area (Å²) >= 11 is 0. The van der Waals surface area contributed by atoms with E-state index in [1.165, 1.54) is 12.1 Å². The van der Waals surface area contributed by atoms with E-state index < -0.39 is 4.92 Å². The predicted octanol–water partition coefficient (Wildman–Crippen LogP) is 3.49. The van der Waals surface area contributed by atoms with Crippen molar-refractivity contribution in [3.05, 3.63) is 81.9 Å². The van der Waals surface area contributed by atoms with E-state index >= 15 is 0 Å². The Hall–Kier alpha value is -2.95. The van der Waals surface area contributed by atoms with E-state index in [-0.39, 0.29) is 5.69 Å². The highest BCUT2D eigenvalue weighted by Crippen LogP contribution is 2.13. The van der Waals surface area contributed by atoms with Crippen molar-refractivity contribution in [1.82, 2.24) is 0 Å². The second kappa shape index (κ2) is 6.29. The average molecular weight is 268 g/mol. The summed E-state index contributed by atoms with van der Waals surface area (Å²) in [4.78, 5) is 10.1. The average Bonchev–Trinajstić information content (AvgIpc) is 2.49. The highest BCUT2D eigenvalue weighted by atomic mass is 16.6. The quantitative estimate of drug-likeness (QED) is 0.399. The van der Waals surface area contributed by atoms with Crippen LogP contribution < -0.4 is 0 Å². The summed E-state index contributed by atoms with van der Waals surface area (Å²) in [5.41, 5.74) is 1.91. The van der Waals surface area contributed by atoms with Crippen LogP contribution in [0.3, 0.4) is 0 Å². The number of hydrogen-bond donors (Lipinski definition) is 1. The summed E-state index contributed by atoms with van der Waals surface area (Å²) in [6.07, 6.45) is 3.45. The lowest BCUT2D eigenvalue weighted by molar-refractivity contribution is -0.384. The third kappa shape index (κ3) is 3.29. The molecule has 0 heterocycles. The van der Waals surface area contributed by atoms with Crippen molar-refractivity contribution < 1.29 is 10.1 Å². The molecular weight excluding hydrogens is 256 g/mol. The minimum Gasteiger partial charge on any atom is -0.410 e. The molecule has 0 unspecified atom stereocenters. The number of benzene rings is 2. The molecule has 20 heavy (non-hydrogen) atoms. The number of nitro benzene ring substituents is 1. The van der Waals surface area contributed by atoms with E-state index in [1.54, 1.807) is 24.3 Å². The molecule has 2 aromatic carbocycles. The Morgan fingerprint density at radius 1 is 1.10 bits per heavy atom. The van der Waals surface area contributed by atoms with Crippen LogP contribution in [0.2, 0.25) is 0 Å². The van der Waals surface area contributed by atoms with E-state index in [9.17, 15) is 10.1 Å². The maximum Gasteiger partial charge on any atom is 0.269 e. The monoisotopic (exact) mass is 268 g/mol. The summed E-state index contributed by atoms with van der Waals surface area (Å²) in [6.45, 7) is 0. The maximum absolute atomic E-state index is 10.6. The Kier molecular flexibility index (Phi) is 4.24. The summed E-state index contributed by atoms with van der Waals surface area (Å²) in [7, 11) is 0. The lowest BCUT2D eigenvalue weighted by Crippen LogP contribution is -1.97. The van der Waals surface area contributed by atoms with Crippen LogP contribution in [0, 0.1) is 10.1 Å². The minimum absolute atomic E-state index is 0.00178. The lowest BCUT2D eigenvalue weighted by atomic mass is 10.1. The third-order valence-corrected chi connectivity index (χ3v) is 2.71. The molecule has 5 heteroatoms. The Bertz CT molecular complexity index is 647. The van der Waals surface area contributed by atoms with Gasteiger partial charge in [-0.15, -0.1) is 0 Å². The summed E-state index contributed by atoms with van der Waals surface area (Å²) < 4.78 is 0. The summed E-state index contributed by atoms with van der Waals surface area (Å²) in [5.74, 6) is 0. The van der Waals surface area contributed by atoms with Gasteiger partial charge in [0.05, 0.1) is 4.92 Å². The summed E-state index contributed by atoms with van der Waals surface area (Å²) in [5, 5.41) is 22.8. The van der Waals surface area contributed by atoms with Crippen LogP contribution in [0.5, 0.6) is 0 Å². The van der Waals surface area contributed by atoms with Crippen molar-refractivity contribution in [3.63, 3.8) is 0 Å². The molecule has 0 bridgehead atoms. The third-order valence-electron chi connectivity index (χ3n) is 2.71. The first kappa shape index (κ1) is 13.5. The molecular formula is C15H12N2O3. The van der Waals surface area contributed by atoms with Gasteiger partial charge in [0.15, 0.2) is 0 Å². The van der Waals surface area contributed by atoms with Crippen molar-refractivity contribution in [3.8, 4) is 0 Å². The molecule has 0 saturated heterocycles. The molecule has 100 valence electrons. The molecule has 5 nitrogen and oxygen atoms in total. The van der Waals surface area contributed by atoms with Gasteiger partial charge in [0.25, 0.3) is 5.69 Å². The molecule has 2 rings (SSSR count). The topological polar surface area (TPSA) is 75.7 Å². The minimum atomic E-state index is -0.473. The molecule has 1 N–H and O–H groups in total. The maximum atomic E-state index is 10.6. The van der Waals surface area contributed by atoms with Gasteiger partial charge in [0.2, 0.25) is 0 Å². The molecule has 2 aromatic rings. The first-order valence-corrected chi connectivity index (χ1v) is 5.91. The van der Waals surface area contributed by atoms with Crippen molar-refractivity contribution in [2.24, 2.45) is 5.16 Å². The largest absolute Gasteiger partial charge is 0.410 e. The van der Waals surface area contributed by atoms with Crippen molar-refractivity contribution in [2.45, 2.75) is 0 Å². The van der Waals surface area contributed by atoms with Gasteiger partial charge in [0, 0.05) is 17.7 Å². The number of nitro groups is 1. The molecule has 0 atom stereocenters. The van der Waals surface area contributed by atoms with Gasteiger partial charge in [0.1, 0.15) is 5.71 Å². The standard InChI is InChI=1S/C15H12N2O3/c18-16-15(11-6-12-4-2-1-3-5-12)13-7-9-14(10-8-13)17(19)20/h1-11,18H. The predicted molar refractivity (Wildman–Crippen MR) is 76.9 cm³/mol.